The second-order valence-corrected chi connectivity index (χ2v) is 10.3. The molecule has 0 bridgehead atoms. The Hall–Kier alpha value is -4.96. The van der Waals surface area contributed by atoms with Crippen molar-refractivity contribution in [3.8, 4) is 11.4 Å². The van der Waals surface area contributed by atoms with Crippen LogP contribution in [0.25, 0.3) is 5.69 Å². The maximum atomic E-state index is 15.1. The van der Waals surface area contributed by atoms with Gasteiger partial charge in [-0.15, -0.1) is 0 Å². The molecule has 1 heterocycles. The molecule has 5 rings (SSSR count). The summed E-state index contributed by atoms with van der Waals surface area (Å²) in [6.07, 6.45) is 1.47. The Morgan fingerprint density at radius 3 is 2.23 bits per heavy atom. The highest BCUT2D eigenvalue weighted by Crippen LogP contribution is 2.48. The van der Waals surface area contributed by atoms with Crippen molar-refractivity contribution >= 4 is 40.8 Å². The normalized spacial score (nSPS) is 17.0. The first-order valence-electron chi connectivity index (χ1n) is 13.5. The number of esters is 1. The molecule has 1 aliphatic carbocycles. The van der Waals surface area contributed by atoms with E-state index in [-0.39, 0.29) is 24.6 Å². The van der Waals surface area contributed by atoms with Crippen LogP contribution in [0.5, 0.6) is 5.75 Å². The number of carbonyl (C=O) groups is 3. The number of pyridine rings is 1. The van der Waals surface area contributed by atoms with Gasteiger partial charge in [0.15, 0.2) is 0 Å². The number of aromatic nitrogens is 1. The molecular formula is C32H27ClFN3O6. The SMILES string of the molecule is CCOC(=O)[C@H]1[C@H](C(=O)Nc2ccc(Cl)cc2)[C@@H]1C(=O)Nc1ccc(-n2ccc(OCc3ccccc3)cc2=O)cc1F. The molecule has 1 fully saturated rings. The van der Waals surface area contributed by atoms with Gasteiger partial charge in [-0.05, 0) is 55.0 Å². The van der Waals surface area contributed by atoms with Gasteiger partial charge in [0.05, 0.1) is 35.7 Å². The summed E-state index contributed by atoms with van der Waals surface area (Å²) in [5, 5.41) is 5.61. The largest absolute Gasteiger partial charge is 0.489 e. The molecule has 9 nitrogen and oxygen atoms in total. The van der Waals surface area contributed by atoms with E-state index in [0.29, 0.717) is 16.5 Å². The van der Waals surface area contributed by atoms with Gasteiger partial charge in [-0.1, -0.05) is 41.9 Å². The van der Waals surface area contributed by atoms with E-state index in [0.717, 1.165) is 11.6 Å². The Bertz CT molecular complexity index is 1710. The molecule has 0 spiro atoms. The van der Waals surface area contributed by atoms with E-state index in [4.69, 9.17) is 21.1 Å². The Morgan fingerprint density at radius 1 is 0.884 bits per heavy atom. The number of hydrogen-bond acceptors (Lipinski definition) is 6. The fourth-order valence-corrected chi connectivity index (χ4v) is 4.86. The minimum Gasteiger partial charge on any atom is -0.489 e. The van der Waals surface area contributed by atoms with Crippen LogP contribution in [0.2, 0.25) is 5.02 Å². The van der Waals surface area contributed by atoms with E-state index >= 15 is 4.39 Å². The first-order chi connectivity index (χ1) is 20.7. The average molecular weight is 604 g/mol. The second kappa shape index (κ2) is 12.9. The average Bonchev–Trinajstić information content (AvgIpc) is 3.76. The van der Waals surface area contributed by atoms with Crippen LogP contribution in [0.3, 0.4) is 0 Å². The van der Waals surface area contributed by atoms with E-state index in [1.807, 2.05) is 30.3 Å². The van der Waals surface area contributed by atoms with Crippen LogP contribution >= 0.6 is 11.6 Å². The smallest absolute Gasteiger partial charge is 0.310 e. The van der Waals surface area contributed by atoms with Crippen molar-refractivity contribution in [2.75, 3.05) is 17.2 Å². The molecule has 43 heavy (non-hydrogen) atoms. The maximum absolute atomic E-state index is 15.1. The van der Waals surface area contributed by atoms with Crippen LogP contribution < -0.4 is 20.9 Å². The van der Waals surface area contributed by atoms with Gasteiger partial charge in [-0.3, -0.25) is 23.7 Å². The number of rotatable bonds is 10. The molecule has 2 amide bonds. The molecule has 3 aromatic carbocycles. The molecule has 220 valence electrons. The number of nitrogens with zero attached hydrogens (tertiary/aromatic N) is 1. The highest BCUT2D eigenvalue weighted by Gasteiger charge is 2.63. The molecule has 4 aromatic rings. The standard InChI is InChI=1S/C32H27ClFN3O6/c1-2-42-32(41)29-27(30(39)35-21-10-8-20(33)9-11-21)28(29)31(40)36-25-13-12-22(16-24(25)34)37-15-14-23(17-26(37)38)43-18-19-6-4-3-5-7-19/h3-17,27-29H,2,18H2,1H3,(H,35,39)(H,36,40)/t27-,28+,29+/m1/s1. The van der Waals surface area contributed by atoms with Gasteiger partial charge in [-0.2, -0.15) is 0 Å². The minimum atomic E-state index is -1.06. The van der Waals surface area contributed by atoms with Crippen LogP contribution in [0.4, 0.5) is 15.8 Å². The summed E-state index contributed by atoms with van der Waals surface area (Å²) in [6.45, 7) is 1.98. The van der Waals surface area contributed by atoms with E-state index in [2.05, 4.69) is 10.6 Å². The van der Waals surface area contributed by atoms with Crippen molar-refractivity contribution in [3.05, 3.63) is 118 Å². The van der Waals surface area contributed by atoms with Gasteiger partial charge in [0.25, 0.3) is 5.56 Å². The summed E-state index contributed by atoms with van der Waals surface area (Å²) in [5.41, 5.74) is 1.00. The number of hydrogen-bond donors (Lipinski definition) is 2. The summed E-state index contributed by atoms with van der Waals surface area (Å²) in [4.78, 5) is 51.3. The van der Waals surface area contributed by atoms with Crippen LogP contribution in [0.1, 0.15) is 12.5 Å². The third-order valence-corrected chi connectivity index (χ3v) is 7.18. The van der Waals surface area contributed by atoms with Crippen molar-refractivity contribution in [2.45, 2.75) is 13.5 Å². The van der Waals surface area contributed by atoms with Crippen LogP contribution in [0, 0.1) is 23.6 Å². The topological polar surface area (TPSA) is 116 Å². The summed E-state index contributed by atoms with van der Waals surface area (Å²) in [7, 11) is 0. The Balaban J connectivity index is 1.26. The van der Waals surface area contributed by atoms with E-state index in [1.165, 1.54) is 29.0 Å². The summed E-state index contributed by atoms with van der Waals surface area (Å²) < 4.78 is 27.1. The number of halogens is 2. The van der Waals surface area contributed by atoms with E-state index < -0.39 is 46.9 Å². The van der Waals surface area contributed by atoms with Gasteiger partial charge in [-0.25, -0.2) is 4.39 Å². The quantitative estimate of drug-likeness (QED) is 0.240. The molecule has 1 aromatic heterocycles. The minimum absolute atomic E-state index is 0.0742. The van der Waals surface area contributed by atoms with Crippen LogP contribution in [0.15, 0.2) is 95.9 Å². The molecular weight excluding hydrogens is 577 g/mol. The molecule has 0 radical (unpaired) electrons. The van der Waals surface area contributed by atoms with Gasteiger partial charge in [0.1, 0.15) is 18.2 Å². The second-order valence-electron chi connectivity index (χ2n) is 9.82. The van der Waals surface area contributed by atoms with Crippen molar-refractivity contribution in [3.63, 3.8) is 0 Å². The Labute approximate surface area is 251 Å². The molecule has 1 aliphatic rings. The lowest BCUT2D eigenvalue weighted by molar-refractivity contribution is -0.146. The zero-order chi connectivity index (χ0) is 30.5. The lowest BCUT2D eigenvalue weighted by atomic mass is 10.2. The summed E-state index contributed by atoms with van der Waals surface area (Å²) in [5.74, 6) is -5.47. The molecule has 3 atom stereocenters. The van der Waals surface area contributed by atoms with Gasteiger partial charge < -0.3 is 20.1 Å². The number of nitrogens with one attached hydrogen (secondary N) is 2. The third kappa shape index (κ3) is 6.92. The highest BCUT2D eigenvalue weighted by molar-refractivity contribution is 6.30. The van der Waals surface area contributed by atoms with Crippen LogP contribution in [-0.4, -0.2) is 29.0 Å². The van der Waals surface area contributed by atoms with Gasteiger partial charge >= 0.3 is 5.97 Å². The predicted molar refractivity (Wildman–Crippen MR) is 159 cm³/mol. The molecule has 11 heteroatoms. The Morgan fingerprint density at radius 2 is 1.58 bits per heavy atom. The molecule has 0 unspecified atom stereocenters. The van der Waals surface area contributed by atoms with Crippen LogP contribution in [-0.2, 0) is 25.7 Å². The zero-order valence-corrected chi connectivity index (χ0v) is 23.7. The molecule has 1 saturated carbocycles. The van der Waals surface area contributed by atoms with Crippen molar-refractivity contribution < 1.29 is 28.2 Å². The number of carbonyl (C=O) groups excluding carboxylic acids is 3. The van der Waals surface area contributed by atoms with Gasteiger partial charge in [0, 0.05) is 29.0 Å². The molecule has 2 N–H and O–H groups in total. The van der Waals surface area contributed by atoms with Gasteiger partial charge in [0.2, 0.25) is 11.8 Å². The number of anilines is 2. The number of ether oxygens (including phenoxy) is 2. The van der Waals surface area contributed by atoms with Crippen molar-refractivity contribution in [2.24, 2.45) is 17.8 Å². The summed E-state index contributed by atoms with van der Waals surface area (Å²) >= 11 is 5.89. The van der Waals surface area contributed by atoms with E-state index in [9.17, 15) is 19.2 Å². The number of benzene rings is 3. The van der Waals surface area contributed by atoms with Crippen molar-refractivity contribution in [1.82, 2.24) is 4.57 Å². The molecule has 0 aliphatic heterocycles. The monoisotopic (exact) mass is 603 g/mol. The van der Waals surface area contributed by atoms with Crippen molar-refractivity contribution in [1.29, 1.82) is 0 Å². The summed E-state index contributed by atoms with van der Waals surface area (Å²) in [6, 6.07) is 22.6. The number of amides is 2. The molecule has 0 saturated heterocycles. The Kier molecular flexibility index (Phi) is 8.87. The lowest BCUT2D eigenvalue weighted by Gasteiger charge is -2.11. The maximum Gasteiger partial charge on any atom is 0.310 e. The lowest BCUT2D eigenvalue weighted by Crippen LogP contribution is -2.21. The highest BCUT2D eigenvalue weighted by atomic mass is 35.5. The fourth-order valence-electron chi connectivity index (χ4n) is 4.73. The first kappa shape index (κ1) is 29.5. The predicted octanol–water partition coefficient (Wildman–Crippen LogP) is 5.21. The third-order valence-electron chi connectivity index (χ3n) is 6.92. The zero-order valence-electron chi connectivity index (χ0n) is 23.0. The first-order valence-corrected chi connectivity index (χ1v) is 13.9. The fraction of sp³-hybridized carbons (Fsp3) is 0.188. The van der Waals surface area contributed by atoms with E-state index in [1.54, 1.807) is 37.3 Å².